The van der Waals surface area contributed by atoms with Crippen molar-refractivity contribution in [1.82, 2.24) is 40.4 Å². The van der Waals surface area contributed by atoms with E-state index in [-0.39, 0.29) is 23.2 Å². The summed E-state index contributed by atoms with van der Waals surface area (Å²) < 4.78 is 9.54. The van der Waals surface area contributed by atoms with Crippen LogP contribution in [0.1, 0.15) is 93.6 Å². The first-order valence-electron chi connectivity index (χ1n) is 19.4. The zero-order valence-electron chi connectivity index (χ0n) is 32.8. The largest absolute Gasteiger partial charge is 0.453 e. The zero-order chi connectivity index (χ0) is 42.2. The lowest BCUT2D eigenvalue weighted by molar-refractivity contribution is -0.135. The summed E-state index contributed by atoms with van der Waals surface area (Å²) in [6, 6.07) is 21.5. The van der Waals surface area contributed by atoms with Crippen molar-refractivity contribution >= 4 is 47.2 Å². The Hall–Kier alpha value is -7.50. The number of aromatic amines is 2. The molecule has 310 valence electrons. The number of hydrogen-bond acceptors (Lipinski definition) is 10. The summed E-state index contributed by atoms with van der Waals surface area (Å²) >= 11 is 0. The van der Waals surface area contributed by atoms with Gasteiger partial charge in [0.2, 0.25) is 0 Å². The Balaban J connectivity index is 0.953. The lowest BCUT2D eigenvalue weighted by atomic mass is 10.1. The number of rotatable bonds is 12. The van der Waals surface area contributed by atoms with Crippen molar-refractivity contribution in [3.63, 3.8) is 0 Å². The quantitative estimate of drug-likeness (QED) is 0.0968. The van der Waals surface area contributed by atoms with Crippen molar-refractivity contribution in [2.75, 3.05) is 37.9 Å². The molecule has 2 aliphatic rings. The Morgan fingerprint density at radius 1 is 0.600 bits per heavy atom. The van der Waals surface area contributed by atoms with E-state index in [9.17, 15) is 28.8 Å². The minimum Gasteiger partial charge on any atom is -0.453 e. The zero-order valence-corrected chi connectivity index (χ0v) is 32.8. The highest BCUT2D eigenvalue weighted by Crippen LogP contribution is 2.34. The Labute approximate surface area is 344 Å². The summed E-state index contributed by atoms with van der Waals surface area (Å²) in [5.41, 5.74) is 2.48. The number of amides is 6. The van der Waals surface area contributed by atoms with Gasteiger partial charge < -0.3 is 50.5 Å². The summed E-state index contributed by atoms with van der Waals surface area (Å²) in [5, 5.41) is 10.9. The van der Waals surface area contributed by atoms with Gasteiger partial charge >= 0.3 is 12.2 Å². The average Bonchev–Trinajstić information content (AvgIpc) is 4.12. The van der Waals surface area contributed by atoms with E-state index in [2.05, 4.69) is 41.2 Å². The van der Waals surface area contributed by atoms with Gasteiger partial charge in [0, 0.05) is 24.5 Å². The van der Waals surface area contributed by atoms with Gasteiger partial charge in [-0.15, -0.1) is 0 Å². The summed E-state index contributed by atoms with van der Waals surface area (Å²) in [6.07, 6.45) is 3.96. The molecule has 6 amide bonds. The lowest BCUT2D eigenvalue weighted by Gasteiger charge is -2.28. The summed E-state index contributed by atoms with van der Waals surface area (Å²) in [4.78, 5) is 96.7. The van der Waals surface area contributed by atoms with E-state index >= 15 is 0 Å². The molecule has 7 rings (SSSR count). The maximum Gasteiger partial charge on any atom is 0.407 e. The van der Waals surface area contributed by atoms with Crippen molar-refractivity contribution in [1.29, 1.82) is 0 Å². The molecule has 0 spiro atoms. The smallest absolute Gasteiger partial charge is 0.407 e. The molecule has 6 N–H and O–H groups in total. The van der Waals surface area contributed by atoms with Crippen molar-refractivity contribution in [3.8, 4) is 0 Å². The fraction of sp³-hybridized carbons (Fsp3) is 0.286. The fourth-order valence-electron chi connectivity index (χ4n) is 7.46. The second-order valence-electron chi connectivity index (χ2n) is 14.2. The van der Waals surface area contributed by atoms with Crippen LogP contribution in [0.4, 0.5) is 21.0 Å². The van der Waals surface area contributed by atoms with E-state index in [0.29, 0.717) is 72.9 Å². The van der Waals surface area contributed by atoms with Crippen LogP contribution in [0.15, 0.2) is 97.3 Å². The van der Waals surface area contributed by atoms with Crippen LogP contribution in [0.3, 0.4) is 0 Å². The number of carbonyl (C=O) groups excluding carboxylic acids is 6. The number of alkyl carbamates (subject to hydrolysis) is 2. The highest BCUT2D eigenvalue weighted by Gasteiger charge is 2.39. The Morgan fingerprint density at radius 3 is 1.35 bits per heavy atom. The third-order valence-corrected chi connectivity index (χ3v) is 10.4. The number of imidazole rings is 2. The van der Waals surface area contributed by atoms with Crippen LogP contribution in [0.2, 0.25) is 0 Å². The molecule has 2 aromatic heterocycles. The van der Waals surface area contributed by atoms with Crippen LogP contribution < -0.4 is 21.3 Å². The molecule has 5 aromatic rings. The van der Waals surface area contributed by atoms with Gasteiger partial charge in [-0.2, -0.15) is 0 Å². The van der Waals surface area contributed by atoms with Crippen LogP contribution in [-0.4, -0.2) is 92.9 Å². The molecule has 0 radical (unpaired) electrons. The first-order valence-corrected chi connectivity index (χ1v) is 19.4. The molecule has 60 heavy (non-hydrogen) atoms. The number of carbonyl (C=O) groups is 6. The topological polar surface area (TPSA) is 233 Å². The molecule has 2 aliphatic heterocycles. The van der Waals surface area contributed by atoms with Crippen molar-refractivity contribution in [3.05, 3.63) is 131 Å². The van der Waals surface area contributed by atoms with E-state index in [1.165, 1.54) is 26.6 Å². The van der Waals surface area contributed by atoms with Gasteiger partial charge in [-0.3, -0.25) is 19.2 Å². The van der Waals surface area contributed by atoms with Gasteiger partial charge in [0.05, 0.1) is 38.7 Å². The molecule has 4 heterocycles. The fourth-order valence-corrected chi connectivity index (χ4v) is 7.46. The maximum atomic E-state index is 13.8. The third kappa shape index (κ3) is 9.12. The van der Waals surface area contributed by atoms with Gasteiger partial charge in [-0.05, 0) is 61.1 Å². The van der Waals surface area contributed by atoms with Crippen LogP contribution >= 0.6 is 0 Å². The molecular weight excluding hydrogens is 773 g/mol. The monoisotopic (exact) mass is 816 g/mol. The number of benzene rings is 3. The van der Waals surface area contributed by atoms with E-state index in [4.69, 9.17) is 9.47 Å². The number of likely N-dealkylation sites (tertiary alicyclic amines) is 2. The molecule has 18 heteroatoms. The van der Waals surface area contributed by atoms with Crippen LogP contribution in [0.25, 0.3) is 0 Å². The highest BCUT2D eigenvalue weighted by molar-refractivity contribution is 6.04. The van der Waals surface area contributed by atoms with Crippen LogP contribution in [0, 0.1) is 0 Å². The number of hydrogen-bond donors (Lipinski definition) is 6. The molecule has 0 unspecified atom stereocenters. The number of nitrogens with zero attached hydrogens (tertiary/aromatic N) is 4. The van der Waals surface area contributed by atoms with Gasteiger partial charge in [-0.25, -0.2) is 19.6 Å². The average molecular weight is 817 g/mol. The van der Waals surface area contributed by atoms with Crippen molar-refractivity contribution in [2.45, 2.75) is 49.9 Å². The van der Waals surface area contributed by atoms with Gasteiger partial charge in [-0.1, -0.05) is 60.7 Å². The number of aromatic nitrogens is 4. The Bertz CT molecular complexity index is 2170. The number of anilines is 2. The van der Waals surface area contributed by atoms with Crippen LogP contribution in [-0.2, 0) is 19.1 Å². The summed E-state index contributed by atoms with van der Waals surface area (Å²) in [7, 11) is 2.46. The van der Waals surface area contributed by atoms with Crippen molar-refractivity contribution < 1.29 is 38.2 Å². The van der Waals surface area contributed by atoms with Gasteiger partial charge in [0.15, 0.2) is 0 Å². The predicted octanol–water partition coefficient (Wildman–Crippen LogP) is 5.16. The molecular formula is C42H44N10O8. The summed E-state index contributed by atoms with van der Waals surface area (Å²) in [6.45, 7) is 0.880. The molecule has 0 bridgehead atoms. The molecule has 3 aromatic carbocycles. The number of H-pyrrole nitrogens is 2. The Morgan fingerprint density at radius 2 is 0.983 bits per heavy atom. The first kappa shape index (κ1) is 40.7. The van der Waals surface area contributed by atoms with Crippen molar-refractivity contribution in [2.24, 2.45) is 0 Å². The molecule has 2 fully saturated rings. The Kier molecular flexibility index (Phi) is 12.5. The molecule has 2 saturated heterocycles. The lowest BCUT2D eigenvalue weighted by Crippen LogP contribution is -2.42. The number of ether oxygens (including phenoxy) is 2. The van der Waals surface area contributed by atoms with E-state index in [1.54, 1.807) is 82.6 Å². The second kappa shape index (κ2) is 18.4. The second-order valence-corrected chi connectivity index (χ2v) is 14.2. The maximum absolute atomic E-state index is 13.8. The minimum absolute atomic E-state index is 0.182. The van der Waals surface area contributed by atoms with Gasteiger partial charge in [0.1, 0.15) is 35.1 Å². The molecule has 4 atom stereocenters. The molecule has 0 saturated carbocycles. The van der Waals surface area contributed by atoms with E-state index in [0.717, 1.165) is 0 Å². The standard InChI is InChI=1S/C42H44N10O8/c1-59-41(57)49-33(25-11-5-3-6-12-25)39(55)51-21-9-15-31(51)35-43-23-29(47-35)37(53)45-27-17-19-28(20-18-27)46-38(54)30-24-44-36(48-30)32-16-10-22-52(32)40(56)34(50-42(58)60-2)26-13-7-4-8-14-26/h3-8,11-14,17-20,23-24,31-34H,9-10,15-16,21-22H2,1-2H3,(H,43,47)(H,44,48)(H,45,53)(H,46,54)(H,49,57)(H,50,58)/t31-,32-,33+,34+/m0/s1. The summed E-state index contributed by atoms with van der Waals surface area (Å²) in [5.74, 6) is -0.696. The third-order valence-electron chi connectivity index (χ3n) is 10.4. The van der Waals surface area contributed by atoms with Crippen LogP contribution in [0.5, 0.6) is 0 Å². The predicted molar refractivity (Wildman–Crippen MR) is 216 cm³/mol. The normalized spacial score (nSPS) is 17.0. The van der Waals surface area contributed by atoms with E-state index in [1.807, 2.05) is 12.1 Å². The van der Waals surface area contributed by atoms with E-state index < -0.39 is 48.2 Å². The SMILES string of the molecule is COC(=O)N[C@@H](C(=O)N1CCC[C@H]1c1ncc(C(=O)Nc2ccc(NC(=O)c3cnc([C@@H]4CCCN4C(=O)[C@H](NC(=O)OC)c4ccccc4)[nH]3)cc2)[nH]1)c1ccccc1. The molecule has 18 nitrogen and oxygen atoms in total. The highest BCUT2D eigenvalue weighted by atomic mass is 16.5. The molecule has 0 aliphatic carbocycles. The van der Waals surface area contributed by atoms with Gasteiger partial charge in [0.25, 0.3) is 23.6 Å². The number of nitrogens with one attached hydrogen (secondary N) is 6. The minimum atomic E-state index is -0.973. The first-order chi connectivity index (χ1) is 29.1. The number of methoxy groups -OCH3 is 2.